The number of benzene rings is 1. The molecule has 0 bridgehead atoms. The van der Waals surface area contributed by atoms with Crippen LogP contribution >= 0.6 is 0 Å². The van der Waals surface area contributed by atoms with Gasteiger partial charge in [-0.1, -0.05) is 0 Å². The first kappa shape index (κ1) is 19.4. The number of nitrogens with zero attached hydrogens (tertiary/aromatic N) is 1. The highest BCUT2D eigenvalue weighted by Crippen LogP contribution is 2.37. The largest absolute Gasteiger partial charge is 0.381 e. The molecule has 0 atom stereocenters. The Hall–Kier alpha value is -1.56. The van der Waals surface area contributed by atoms with Gasteiger partial charge in [-0.15, -0.1) is 0 Å². The van der Waals surface area contributed by atoms with E-state index in [1.807, 2.05) is 0 Å². The van der Waals surface area contributed by atoms with Gasteiger partial charge in [-0.25, -0.2) is 0 Å². The number of aromatic nitrogens is 1. The van der Waals surface area contributed by atoms with Crippen molar-refractivity contribution >= 4 is 16.6 Å². The van der Waals surface area contributed by atoms with Crippen molar-refractivity contribution in [3.8, 4) is 0 Å². The maximum absolute atomic E-state index is 5.70. The number of hydrogen-bond donors (Lipinski definition) is 2. The van der Waals surface area contributed by atoms with E-state index in [0.29, 0.717) is 18.0 Å². The zero-order chi connectivity index (χ0) is 19.6. The molecule has 0 amide bonds. The molecule has 3 fully saturated rings. The maximum Gasteiger partial charge on any atom is 0.0694 e. The number of fused-ring (bicyclic) bond motifs is 1. The van der Waals surface area contributed by atoms with Crippen molar-refractivity contribution in [2.45, 2.75) is 63.5 Å². The molecule has 5 rings (SSSR count). The quantitative estimate of drug-likeness (QED) is 0.815. The van der Waals surface area contributed by atoms with Crippen LogP contribution in [0.3, 0.4) is 0 Å². The minimum Gasteiger partial charge on any atom is -0.381 e. The topological polar surface area (TPSA) is 49.5 Å². The van der Waals surface area contributed by atoms with Crippen LogP contribution in [0.5, 0.6) is 0 Å². The van der Waals surface area contributed by atoms with Crippen molar-refractivity contribution in [2.24, 2.45) is 0 Å². The minimum absolute atomic E-state index is 0.558. The molecule has 0 radical (unpaired) electrons. The van der Waals surface area contributed by atoms with E-state index in [0.717, 1.165) is 65.2 Å². The van der Waals surface area contributed by atoms with Gasteiger partial charge in [0.2, 0.25) is 0 Å². The number of piperidine rings is 1. The molecule has 2 aromatic rings. The van der Waals surface area contributed by atoms with E-state index < -0.39 is 0 Å². The molecule has 5 nitrogen and oxygen atoms in total. The Morgan fingerprint density at radius 1 is 0.828 bits per heavy atom. The molecule has 0 unspecified atom stereocenters. The molecule has 3 saturated heterocycles. The molecule has 2 N–H and O–H groups in total. The number of nitrogens with one attached hydrogen (secondary N) is 2. The van der Waals surface area contributed by atoms with Crippen LogP contribution in [-0.2, 0) is 9.47 Å². The number of ether oxygens (including phenoxy) is 2. The van der Waals surface area contributed by atoms with Gasteiger partial charge in [-0.3, -0.25) is 0 Å². The molecule has 1 aromatic carbocycles. The lowest BCUT2D eigenvalue weighted by atomic mass is 9.95. The first-order valence-corrected chi connectivity index (χ1v) is 11.6. The third kappa shape index (κ3) is 4.05. The van der Waals surface area contributed by atoms with E-state index >= 15 is 0 Å². The summed E-state index contributed by atoms with van der Waals surface area (Å²) in [5, 5.41) is 4.87. The first-order valence-electron chi connectivity index (χ1n) is 11.6. The number of anilines is 1. The van der Waals surface area contributed by atoms with Crippen LogP contribution in [0, 0.1) is 6.92 Å². The summed E-state index contributed by atoms with van der Waals surface area (Å²) in [5.41, 5.74) is 5.51. The SMILES string of the molecule is Cc1cc(N(C2CCOCC2)C2CCOCC2)c2[nH]c(C3CCNCC3)cc2c1. The number of H-pyrrole nitrogens is 1. The normalized spacial score (nSPS) is 22.9. The van der Waals surface area contributed by atoms with Gasteiger partial charge in [0, 0.05) is 55.5 Å². The summed E-state index contributed by atoms with van der Waals surface area (Å²) in [6.45, 7) is 8.01. The van der Waals surface area contributed by atoms with Gasteiger partial charge in [-0.2, -0.15) is 0 Å². The van der Waals surface area contributed by atoms with Crippen LogP contribution in [-0.4, -0.2) is 56.6 Å². The zero-order valence-corrected chi connectivity index (χ0v) is 17.7. The van der Waals surface area contributed by atoms with E-state index in [1.165, 1.54) is 40.7 Å². The van der Waals surface area contributed by atoms with Crippen LogP contribution in [0.15, 0.2) is 18.2 Å². The lowest BCUT2D eigenvalue weighted by Crippen LogP contribution is -2.48. The first-order chi connectivity index (χ1) is 14.3. The highest BCUT2D eigenvalue weighted by atomic mass is 16.5. The second-order valence-electron chi connectivity index (χ2n) is 9.09. The number of aryl methyl sites for hydroxylation is 1. The average Bonchev–Trinajstić information content (AvgIpc) is 3.20. The fourth-order valence-corrected chi connectivity index (χ4v) is 5.57. The van der Waals surface area contributed by atoms with Crippen LogP contribution in [0.1, 0.15) is 55.7 Å². The fraction of sp³-hybridized carbons (Fsp3) is 0.667. The minimum atomic E-state index is 0.558. The number of rotatable bonds is 4. The Balaban J connectivity index is 1.56. The summed E-state index contributed by atoms with van der Waals surface area (Å²) in [5.74, 6) is 0.649. The van der Waals surface area contributed by atoms with E-state index in [2.05, 4.69) is 40.3 Å². The predicted molar refractivity (Wildman–Crippen MR) is 118 cm³/mol. The van der Waals surface area contributed by atoms with E-state index in [9.17, 15) is 0 Å². The van der Waals surface area contributed by atoms with Gasteiger partial charge in [0.25, 0.3) is 0 Å². The van der Waals surface area contributed by atoms with Crippen LogP contribution < -0.4 is 10.2 Å². The second kappa shape index (κ2) is 8.66. The molecule has 158 valence electrons. The highest BCUT2D eigenvalue weighted by molar-refractivity contribution is 5.93. The summed E-state index contributed by atoms with van der Waals surface area (Å²) >= 11 is 0. The van der Waals surface area contributed by atoms with Crippen molar-refractivity contribution in [3.63, 3.8) is 0 Å². The molecule has 1 aromatic heterocycles. The molecule has 3 aliphatic rings. The summed E-state index contributed by atoms with van der Waals surface area (Å²) in [6.07, 6.45) is 6.93. The maximum atomic E-state index is 5.70. The van der Waals surface area contributed by atoms with Crippen LogP contribution in [0.4, 0.5) is 5.69 Å². The smallest absolute Gasteiger partial charge is 0.0694 e. The fourth-order valence-electron chi connectivity index (χ4n) is 5.57. The van der Waals surface area contributed by atoms with Crippen molar-refractivity contribution in [1.82, 2.24) is 10.3 Å². The molecule has 4 heterocycles. The third-order valence-corrected chi connectivity index (χ3v) is 7.10. The second-order valence-corrected chi connectivity index (χ2v) is 9.09. The average molecular weight is 398 g/mol. The van der Waals surface area contributed by atoms with Gasteiger partial charge in [0.1, 0.15) is 0 Å². The molecule has 0 aliphatic carbocycles. The van der Waals surface area contributed by atoms with Crippen LogP contribution in [0.2, 0.25) is 0 Å². The van der Waals surface area contributed by atoms with Gasteiger partial charge >= 0.3 is 0 Å². The standard InChI is InChI=1S/C24H35N3O2/c1-17-14-19-16-22(18-2-8-25-9-3-18)26-24(19)23(15-17)27(20-4-10-28-11-5-20)21-6-12-29-13-7-21/h14-16,18,20-21,25-26H,2-13H2,1H3. The third-order valence-electron chi connectivity index (χ3n) is 7.10. The Morgan fingerprint density at radius 2 is 1.45 bits per heavy atom. The summed E-state index contributed by atoms with van der Waals surface area (Å²) < 4.78 is 11.4. The molecule has 0 saturated carbocycles. The van der Waals surface area contributed by atoms with E-state index in [4.69, 9.17) is 9.47 Å². The predicted octanol–water partition coefficient (Wildman–Crippen LogP) is 4.11. The monoisotopic (exact) mass is 397 g/mol. The molecular weight excluding hydrogens is 362 g/mol. The van der Waals surface area contributed by atoms with Crippen molar-refractivity contribution in [1.29, 1.82) is 0 Å². The number of aromatic amines is 1. The zero-order valence-electron chi connectivity index (χ0n) is 17.7. The molecule has 0 spiro atoms. The lowest BCUT2D eigenvalue weighted by molar-refractivity contribution is 0.0642. The summed E-state index contributed by atoms with van der Waals surface area (Å²) in [4.78, 5) is 6.64. The Bertz CT molecular complexity index is 797. The molecule has 29 heavy (non-hydrogen) atoms. The van der Waals surface area contributed by atoms with Crippen molar-refractivity contribution in [3.05, 3.63) is 29.5 Å². The highest BCUT2D eigenvalue weighted by Gasteiger charge is 2.31. The Labute approximate surface area is 174 Å². The Kier molecular flexibility index (Phi) is 5.80. The lowest BCUT2D eigenvalue weighted by Gasteiger charge is -2.43. The summed E-state index contributed by atoms with van der Waals surface area (Å²) in [6, 6.07) is 8.31. The molecule has 5 heteroatoms. The van der Waals surface area contributed by atoms with Crippen molar-refractivity contribution in [2.75, 3.05) is 44.4 Å². The van der Waals surface area contributed by atoms with Gasteiger partial charge in [0.15, 0.2) is 0 Å². The van der Waals surface area contributed by atoms with E-state index in [1.54, 1.807) is 0 Å². The van der Waals surface area contributed by atoms with Crippen molar-refractivity contribution < 1.29 is 9.47 Å². The van der Waals surface area contributed by atoms with Crippen LogP contribution in [0.25, 0.3) is 10.9 Å². The van der Waals surface area contributed by atoms with Gasteiger partial charge in [-0.05, 0) is 82.3 Å². The molecule has 3 aliphatic heterocycles. The van der Waals surface area contributed by atoms with E-state index in [-0.39, 0.29) is 0 Å². The Morgan fingerprint density at radius 3 is 2.07 bits per heavy atom. The van der Waals surface area contributed by atoms with Gasteiger partial charge < -0.3 is 24.7 Å². The summed E-state index contributed by atoms with van der Waals surface area (Å²) in [7, 11) is 0. The van der Waals surface area contributed by atoms with Gasteiger partial charge in [0.05, 0.1) is 11.2 Å². The molecular formula is C24H35N3O2. The number of hydrogen-bond acceptors (Lipinski definition) is 4.